The number of halogens is 1. The molecule has 0 aliphatic carbocycles. The summed E-state index contributed by atoms with van der Waals surface area (Å²) in [6, 6.07) is 1.08. The highest BCUT2D eigenvalue weighted by Gasteiger charge is 2.19. The summed E-state index contributed by atoms with van der Waals surface area (Å²) < 4.78 is 13.3. The second-order valence-corrected chi connectivity index (χ2v) is 4.65. The number of hydrogen-bond acceptors (Lipinski definition) is 4. The predicted octanol–water partition coefficient (Wildman–Crippen LogP) is 1.06. The smallest absolute Gasteiger partial charge is 0.254 e. The van der Waals surface area contributed by atoms with Gasteiger partial charge in [-0.15, -0.1) is 0 Å². The number of hydrogen-bond donors (Lipinski definition) is 2. The maximum Gasteiger partial charge on any atom is 0.254 e. The number of carbonyl (C=O) groups excluding carboxylic acids is 1. The molecule has 2 atom stereocenters. The number of thioether (sulfide) groups is 1. The number of amides is 1. The van der Waals surface area contributed by atoms with Gasteiger partial charge in [-0.3, -0.25) is 9.78 Å². The fourth-order valence-corrected chi connectivity index (χ4v) is 2.00. The molecule has 0 fully saturated rings. The van der Waals surface area contributed by atoms with Crippen LogP contribution in [0.1, 0.15) is 17.3 Å². The van der Waals surface area contributed by atoms with E-state index in [1.54, 1.807) is 6.92 Å². The van der Waals surface area contributed by atoms with Crippen molar-refractivity contribution in [3.8, 4) is 0 Å². The molecular weight excluding hydrogens is 243 g/mol. The minimum atomic E-state index is -0.651. The van der Waals surface area contributed by atoms with E-state index in [1.807, 2.05) is 6.26 Å². The highest BCUT2D eigenvalue weighted by molar-refractivity contribution is 7.99. The number of nitrogens with one attached hydrogen (secondary N) is 1. The number of aromatic nitrogens is 1. The summed E-state index contributed by atoms with van der Waals surface area (Å²) in [5, 5.41) is 11.6. The molecule has 0 saturated carbocycles. The Bertz CT molecular complexity index is 385. The SMILES string of the molecule is CS[C@H](CO)[C@H](C)NC(=O)c1ccncc1F. The molecule has 0 aromatic carbocycles. The van der Waals surface area contributed by atoms with Gasteiger partial charge in [-0.1, -0.05) is 0 Å². The predicted molar refractivity (Wildman–Crippen MR) is 65.5 cm³/mol. The summed E-state index contributed by atoms with van der Waals surface area (Å²) >= 11 is 1.45. The minimum Gasteiger partial charge on any atom is -0.395 e. The first-order valence-corrected chi connectivity index (χ1v) is 6.43. The number of aliphatic hydroxyl groups is 1. The normalized spacial score (nSPS) is 14.1. The molecular formula is C11H15FN2O2S. The van der Waals surface area contributed by atoms with E-state index < -0.39 is 11.7 Å². The second kappa shape index (κ2) is 6.56. The molecule has 0 aliphatic heterocycles. The molecule has 1 rings (SSSR count). The average Bonchev–Trinajstić information content (AvgIpc) is 2.31. The van der Waals surface area contributed by atoms with Crippen LogP contribution >= 0.6 is 11.8 Å². The maximum absolute atomic E-state index is 13.3. The highest BCUT2D eigenvalue weighted by atomic mass is 32.2. The molecule has 1 aromatic heterocycles. The third-order valence-corrected chi connectivity index (χ3v) is 3.58. The Morgan fingerprint density at radius 1 is 1.71 bits per heavy atom. The molecule has 1 aromatic rings. The van der Waals surface area contributed by atoms with Crippen LogP contribution in [-0.4, -0.2) is 40.2 Å². The van der Waals surface area contributed by atoms with Crippen molar-refractivity contribution in [3.63, 3.8) is 0 Å². The van der Waals surface area contributed by atoms with E-state index in [1.165, 1.54) is 24.0 Å². The van der Waals surface area contributed by atoms with Gasteiger partial charge in [0, 0.05) is 17.5 Å². The van der Waals surface area contributed by atoms with Crippen molar-refractivity contribution in [1.82, 2.24) is 10.3 Å². The van der Waals surface area contributed by atoms with Crippen molar-refractivity contribution in [2.45, 2.75) is 18.2 Å². The van der Waals surface area contributed by atoms with Crippen LogP contribution in [0.15, 0.2) is 18.5 Å². The Balaban J connectivity index is 2.70. The van der Waals surface area contributed by atoms with Crippen LogP contribution in [0, 0.1) is 5.82 Å². The van der Waals surface area contributed by atoms with Gasteiger partial charge in [0.05, 0.1) is 18.4 Å². The molecule has 17 heavy (non-hydrogen) atoms. The summed E-state index contributed by atoms with van der Waals surface area (Å²) in [6.07, 6.45) is 4.20. The third kappa shape index (κ3) is 3.67. The molecule has 0 unspecified atom stereocenters. The van der Waals surface area contributed by atoms with Crippen LogP contribution in [0.4, 0.5) is 4.39 Å². The lowest BCUT2D eigenvalue weighted by molar-refractivity contribution is 0.0931. The van der Waals surface area contributed by atoms with E-state index in [0.717, 1.165) is 6.20 Å². The Kier molecular flexibility index (Phi) is 5.37. The molecule has 4 nitrogen and oxygen atoms in total. The lowest BCUT2D eigenvalue weighted by Crippen LogP contribution is -2.41. The fraction of sp³-hybridized carbons (Fsp3) is 0.455. The Labute approximate surface area is 104 Å². The van der Waals surface area contributed by atoms with Crippen LogP contribution in [0.25, 0.3) is 0 Å². The summed E-state index contributed by atoms with van der Waals surface area (Å²) in [4.78, 5) is 15.3. The summed E-state index contributed by atoms with van der Waals surface area (Å²) in [5.41, 5.74) is -0.0374. The van der Waals surface area contributed by atoms with Crippen LogP contribution in [-0.2, 0) is 0 Å². The third-order valence-electron chi connectivity index (χ3n) is 2.42. The topological polar surface area (TPSA) is 62.2 Å². The Morgan fingerprint density at radius 2 is 2.41 bits per heavy atom. The number of pyridine rings is 1. The Hall–Kier alpha value is -1.14. The van der Waals surface area contributed by atoms with Crippen LogP contribution in [0.5, 0.6) is 0 Å². The van der Waals surface area contributed by atoms with Crippen LogP contribution in [0.3, 0.4) is 0 Å². The number of nitrogens with zero attached hydrogens (tertiary/aromatic N) is 1. The van der Waals surface area contributed by atoms with Gasteiger partial charge in [0.2, 0.25) is 0 Å². The molecule has 6 heteroatoms. The second-order valence-electron chi connectivity index (χ2n) is 3.57. The maximum atomic E-state index is 13.3. The fourth-order valence-electron chi connectivity index (χ4n) is 1.37. The first-order valence-electron chi connectivity index (χ1n) is 5.14. The van der Waals surface area contributed by atoms with E-state index in [4.69, 9.17) is 5.11 Å². The van der Waals surface area contributed by atoms with Crippen molar-refractivity contribution in [2.75, 3.05) is 12.9 Å². The lowest BCUT2D eigenvalue weighted by atomic mass is 10.2. The van der Waals surface area contributed by atoms with E-state index in [9.17, 15) is 9.18 Å². The van der Waals surface area contributed by atoms with Gasteiger partial charge < -0.3 is 10.4 Å². The largest absolute Gasteiger partial charge is 0.395 e. The highest BCUT2D eigenvalue weighted by Crippen LogP contribution is 2.11. The standard InChI is InChI=1S/C11H15FN2O2S/c1-7(10(6-15)17-2)14-11(16)8-3-4-13-5-9(8)12/h3-5,7,10,15H,6H2,1-2H3,(H,14,16)/t7-,10+/m0/s1. The van der Waals surface area contributed by atoms with Crippen LogP contribution in [0.2, 0.25) is 0 Å². The summed E-state index contributed by atoms with van der Waals surface area (Å²) in [6.45, 7) is 1.73. The van der Waals surface area contributed by atoms with Crippen LogP contribution < -0.4 is 5.32 Å². The van der Waals surface area contributed by atoms with Crippen molar-refractivity contribution >= 4 is 17.7 Å². The van der Waals surface area contributed by atoms with Crippen molar-refractivity contribution in [1.29, 1.82) is 0 Å². The number of aliphatic hydroxyl groups excluding tert-OH is 1. The van der Waals surface area contributed by atoms with Gasteiger partial charge in [-0.25, -0.2) is 4.39 Å². The molecule has 0 saturated heterocycles. The lowest BCUT2D eigenvalue weighted by Gasteiger charge is -2.21. The first kappa shape index (κ1) is 13.9. The number of rotatable bonds is 5. The quantitative estimate of drug-likeness (QED) is 0.829. The molecule has 94 valence electrons. The van der Waals surface area contributed by atoms with E-state index >= 15 is 0 Å². The van der Waals surface area contributed by atoms with Gasteiger partial charge in [-0.05, 0) is 19.2 Å². The van der Waals surface area contributed by atoms with Gasteiger partial charge in [0.15, 0.2) is 5.82 Å². The molecule has 0 spiro atoms. The Morgan fingerprint density at radius 3 is 2.94 bits per heavy atom. The zero-order valence-electron chi connectivity index (χ0n) is 9.68. The molecule has 1 amide bonds. The molecule has 0 aliphatic rings. The van der Waals surface area contributed by atoms with Gasteiger partial charge in [0.1, 0.15) is 0 Å². The first-order chi connectivity index (χ1) is 8.10. The van der Waals surface area contributed by atoms with E-state index in [-0.39, 0.29) is 23.5 Å². The van der Waals surface area contributed by atoms with E-state index in [0.29, 0.717) is 0 Å². The number of carbonyl (C=O) groups is 1. The molecule has 0 radical (unpaired) electrons. The zero-order chi connectivity index (χ0) is 12.8. The summed E-state index contributed by atoms with van der Waals surface area (Å²) in [5.74, 6) is -1.15. The van der Waals surface area contributed by atoms with Gasteiger partial charge >= 0.3 is 0 Å². The summed E-state index contributed by atoms with van der Waals surface area (Å²) in [7, 11) is 0. The molecule has 1 heterocycles. The van der Waals surface area contributed by atoms with Gasteiger partial charge in [-0.2, -0.15) is 11.8 Å². The average molecular weight is 258 g/mol. The van der Waals surface area contributed by atoms with Crippen molar-refractivity contribution in [2.24, 2.45) is 0 Å². The molecule has 0 bridgehead atoms. The zero-order valence-corrected chi connectivity index (χ0v) is 10.5. The minimum absolute atomic E-state index is 0.0374. The van der Waals surface area contributed by atoms with Gasteiger partial charge in [0.25, 0.3) is 5.91 Å². The van der Waals surface area contributed by atoms with E-state index in [2.05, 4.69) is 10.3 Å². The molecule has 2 N–H and O–H groups in total. The van der Waals surface area contributed by atoms with Crippen molar-refractivity contribution < 1.29 is 14.3 Å². The monoisotopic (exact) mass is 258 g/mol. The van der Waals surface area contributed by atoms with Crippen molar-refractivity contribution in [3.05, 3.63) is 29.8 Å².